The SMILES string of the molecule is CCC(C)[C@H](NC(=O)c1cnccn1)C(=O)N[C@H](C(=O)N1C[C@@H]2CCC[C@@H]2[C@H]1C(=O)O)C(C)(C)C. The lowest BCUT2D eigenvalue weighted by Gasteiger charge is -2.36. The van der Waals surface area contributed by atoms with E-state index < -0.39 is 47.2 Å². The molecule has 10 heteroatoms. The van der Waals surface area contributed by atoms with Gasteiger partial charge in [-0.25, -0.2) is 9.78 Å². The lowest BCUT2D eigenvalue weighted by atomic mass is 9.84. The first-order valence-corrected chi connectivity index (χ1v) is 12.4. The zero-order chi connectivity index (χ0) is 25.9. The molecule has 1 aromatic rings. The van der Waals surface area contributed by atoms with Gasteiger partial charge in [-0.3, -0.25) is 19.4 Å². The number of carboxylic acid groups (broad SMARTS) is 1. The third-order valence-electron chi connectivity index (χ3n) is 7.40. The molecule has 3 amide bonds. The van der Waals surface area contributed by atoms with E-state index in [9.17, 15) is 24.3 Å². The van der Waals surface area contributed by atoms with Crippen molar-refractivity contribution >= 4 is 23.7 Å². The van der Waals surface area contributed by atoms with Crippen LogP contribution in [0.25, 0.3) is 0 Å². The van der Waals surface area contributed by atoms with Crippen LogP contribution in [0.2, 0.25) is 0 Å². The molecule has 0 radical (unpaired) electrons. The van der Waals surface area contributed by atoms with Crippen molar-refractivity contribution in [1.29, 1.82) is 0 Å². The largest absolute Gasteiger partial charge is 0.480 e. The minimum Gasteiger partial charge on any atom is -0.480 e. The highest BCUT2D eigenvalue weighted by Crippen LogP contribution is 2.43. The smallest absolute Gasteiger partial charge is 0.326 e. The summed E-state index contributed by atoms with van der Waals surface area (Å²) in [5.74, 6) is -2.51. The van der Waals surface area contributed by atoms with Crippen molar-refractivity contribution in [1.82, 2.24) is 25.5 Å². The van der Waals surface area contributed by atoms with E-state index in [1.54, 1.807) is 0 Å². The van der Waals surface area contributed by atoms with E-state index in [0.717, 1.165) is 19.3 Å². The maximum Gasteiger partial charge on any atom is 0.326 e. The lowest BCUT2D eigenvalue weighted by Crippen LogP contribution is -2.61. The number of likely N-dealkylation sites (tertiary alicyclic amines) is 1. The van der Waals surface area contributed by atoms with Crippen LogP contribution in [-0.2, 0) is 14.4 Å². The summed E-state index contributed by atoms with van der Waals surface area (Å²) in [5.41, 5.74) is -0.590. The van der Waals surface area contributed by atoms with Gasteiger partial charge in [-0.2, -0.15) is 0 Å². The highest BCUT2D eigenvalue weighted by atomic mass is 16.4. The molecule has 6 atom stereocenters. The molecule has 1 unspecified atom stereocenters. The number of carboxylic acids is 1. The molecule has 35 heavy (non-hydrogen) atoms. The summed E-state index contributed by atoms with van der Waals surface area (Å²) < 4.78 is 0. The molecule has 1 saturated heterocycles. The summed E-state index contributed by atoms with van der Waals surface area (Å²) in [7, 11) is 0. The van der Waals surface area contributed by atoms with E-state index in [0.29, 0.717) is 13.0 Å². The second-order valence-electron chi connectivity index (χ2n) is 10.9. The summed E-state index contributed by atoms with van der Waals surface area (Å²) in [4.78, 5) is 61.3. The Balaban J connectivity index is 1.82. The minimum absolute atomic E-state index is 0.0492. The third-order valence-corrected chi connectivity index (χ3v) is 7.40. The highest BCUT2D eigenvalue weighted by molar-refractivity contribution is 5.97. The van der Waals surface area contributed by atoms with Crippen LogP contribution in [-0.4, -0.2) is 68.3 Å². The van der Waals surface area contributed by atoms with Crippen molar-refractivity contribution in [2.45, 2.75) is 78.4 Å². The average Bonchev–Trinajstić information content (AvgIpc) is 3.40. The van der Waals surface area contributed by atoms with Crippen LogP contribution in [0.5, 0.6) is 0 Å². The van der Waals surface area contributed by atoms with E-state index >= 15 is 0 Å². The Kier molecular flexibility index (Phi) is 8.12. The number of nitrogens with zero attached hydrogens (tertiary/aromatic N) is 3. The number of amides is 3. The standard InChI is InChI=1S/C25H37N5O5/c1-6-14(2)18(28-21(31)17-12-26-10-11-27-17)22(32)29-20(25(3,4)5)23(33)30-13-15-8-7-9-16(15)19(30)24(34)35/h10-12,14-16,18-20H,6-9,13H2,1-5H3,(H,28,31)(H,29,32)(H,34,35)/t14?,15-,16-,18-,19-,20+/m0/s1. The quantitative estimate of drug-likeness (QED) is 0.508. The number of nitrogens with one attached hydrogen (secondary N) is 2. The molecule has 3 N–H and O–H groups in total. The van der Waals surface area contributed by atoms with Gasteiger partial charge in [0, 0.05) is 18.9 Å². The molecule has 0 aromatic carbocycles. The predicted octanol–water partition coefficient (Wildman–Crippen LogP) is 1.86. The van der Waals surface area contributed by atoms with Crippen molar-refractivity contribution in [2.75, 3.05) is 6.54 Å². The molecular formula is C25H37N5O5. The van der Waals surface area contributed by atoms with Gasteiger partial charge < -0.3 is 20.6 Å². The third kappa shape index (κ3) is 5.79. The molecule has 2 aliphatic rings. The fraction of sp³-hybridized carbons (Fsp3) is 0.680. The zero-order valence-corrected chi connectivity index (χ0v) is 21.2. The molecule has 10 nitrogen and oxygen atoms in total. The minimum atomic E-state index is -1.000. The van der Waals surface area contributed by atoms with Crippen LogP contribution in [0.4, 0.5) is 0 Å². The lowest BCUT2D eigenvalue weighted by molar-refractivity contribution is -0.152. The fourth-order valence-corrected chi connectivity index (χ4v) is 5.23. The number of hydrogen-bond acceptors (Lipinski definition) is 6. The number of carbonyl (C=O) groups is 4. The van der Waals surface area contributed by atoms with E-state index in [1.165, 1.54) is 23.5 Å². The number of fused-ring (bicyclic) bond motifs is 1. The van der Waals surface area contributed by atoms with Gasteiger partial charge in [0.15, 0.2) is 0 Å². The van der Waals surface area contributed by atoms with Crippen molar-refractivity contribution in [3.8, 4) is 0 Å². The summed E-state index contributed by atoms with van der Waals surface area (Å²) in [6.07, 6.45) is 7.46. The number of carbonyl (C=O) groups excluding carboxylic acids is 3. The van der Waals surface area contributed by atoms with Crippen molar-refractivity contribution in [3.05, 3.63) is 24.3 Å². The summed E-state index contributed by atoms with van der Waals surface area (Å²) in [5, 5.41) is 15.5. The molecule has 1 aliphatic carbocycles. The van der Waals surface area contributed by atoms with Gasteiger partial charge in [-0.1, -0.05) is 47.5 Å². The Bertz CT molecular complexity index is 947. The Morgan fingerprint density at radius 3 is 2.46 bits per heavy atom. The zero-order valence-electron chi connectivity index (χ0n) is 21.2. The first-order chi connectivity index (χ1) is 16.5. The van der Waals surface area contributed by atoms with E-state index in [4.69, 9.17) is 0 Å². The second-order valence-corrected chi connectivity index (χ2v) is 10.9. The van der Waals surface area contributed by atoms with Crippen LogP contribution >= 0.6 is 0 Å². The van der Waals surface area contributed by atoms with Gasteiger partial charge in [-0.05, 0) is 36.0 Å². The normalized spacial score (nSPS) is 24.3. The van der Waals surface area contributed by atoms with Crippen molar-refractivity contribution in [3.63, 3.8) is 0 Å². The molecule has 2 heterocycles. The van der Waals surface area contributed by atoms with Crippen LogP contribution < -0.4 is 10.6 Å². The monoisotopic (exact) mass is 487 g/mol. The average molecular weight is 488 g/mol. The molecule has 1 saturated carbocycles. The Morgan fingerprint density at radius 2 is 1.89 bits per heavy atom. The molecule has 192 valence electrons. The first kappa shape index (κ1) is 26.6. The molecule has 1 aromatic heterocycles. The van der Waals surface area contributed by atoms with E-state index in [-0.39, 0.29) is 23.4 Å². The van der Waals surface area contributed by atoms with Gasteiger partial charge in [0.1, 0.15) is 23.8 Å². The number of rotatable bonds is 8. The molecule has 1 aliphatic heterocycles. The van der Waals surface area contributed by atoms with Gasteiger partial charge in [0.25, 0.3) is 5.91 Å². The topological polar surface area (TPSA) is 142 Å². The van der Waals surface area contributed by atoms with Crippen LogP contribution in [0.3, 0.4) is 0 Å². The molecule has 0 spiro atoms. The fourth-order valence-electron chi connectivity index (χ4n) is 5.23. The summed E-state index contributed by atoms with van der Waals surface area (Å²) >= 11 is 0. The maximum absolute atomic E-state index is 13.7. The Morgan fingerprint density at radius 1 is 1.17 bits per heavy atom. The predicted molar refractivity (Wildman–Crippen MR) is 128 cm³/mol. The van der Waals surface area contributed by atoms with Crippen LogP contribution in [0.15, 0.2) is 18.6 Å². The van der Waals surface area contributed by atoms with E-state index in [1.807, 2.05) is 34.6 Å². The molecule has 2 fully saturated rings. The van der Waals surface area contributed by atoms with Gasteiger partial charge in [0.2, 0.25) is 11.8 Å². The van der Waals surface area contributed by atoms with Crippen LogP contribution in [0.1, 0.15) is 70.8 Å². The molecule has 0 bridgehead atoms. The number of aliphatic carboxylic acids is 1. The van der Waals surface area contributed by atoms with Crippen molar-refractivity contribution in [2.24, 2.45) is 23.2 Å². The van der Waals surface area contributed by atoms with Crippen molar-refractivity contribution < 1.29 is 24.3 Å². The van der Waals surface area contributed by atoms with Gasteiger partial charge in [-0.15, -0.1) is 0 Å². The molecular weight excluding hydrogens is 450 g/mol. The molecule has 3 rings (SSSR count). The Hall–Kier alpha value is -3.04. The maximum atomic E-state index is 13.7. The Labute approximate surface area is 206 Å². The van der Waals surface area contributed by atoms with E-state index in [2.05, 4.69) is 20.6 Å². The van der Waals surface area contributed by atoms with Crippen LogP contribution in [0, 0.1) is 23.2 Å². The van der Waals surface area contributed by atoms with Gasteiger partial charge in [0.05, 0.1) is 6.20 Å². The first-order valence-electron chi connectivity index (χ1n) is 12.4. The summed E-state index contributed by atoms with van der Waals surface area (Å²) in [6, 6.07) is -2.73. The van der Waals surface area contributed by atoms with Gasteiger partial charge >= 0.3 is 5.97 Å². The second kappa shape index (κ2) is 10.7. The number of hydrogen-bond donors (Lipinski definition) is 3. The number of aromatic nitrogens is 2. The highest BCUT2D eigenvalue weighted by Gasteiger charge is 2.52. The summed E-state index contributed by atoms with van der Waals surface area (Å²) in [6.45, 7) is 9.64.